The molecule has 1 aliphatic heterocycles. The van der Waals surface area contributed by atoms with E-state index < -0.39 is 0 Å². The van der Waals surface area contributed by atoms with E-state index in [2.05, 4.69) is 17.0 Å². The van der Waals surface area contributed by atoms with Gasteiger partial charge < -0.3 is 14.4 Å². The Kier molecular flexibility index (Phi) is 6.21. The van der Waals surface area contributed by atoms with Crippen molar-refractivity contribution in [2.45, 2.75) is 57.8 Å². The third-order valence-corrected chi connectivity index (χ3v) is 5.16. The van der Waals surface area contributed by atoms with Crippen molar-refractivity contribution in [1.82, 2.24) is 0 Å². The van der Waals surface area contributed by atoms with Crippen molar-refractivity contribution in [2.24, 2.45) is 0 Å². The molecule has 23 heavy (non-hydrogen) atoms. The molecule has 0 bridgehead atoms. The van der Waals surface area contributed by atoms with Crippen molar-refractivity contribution in [3.63, 3.8) is 0 Å². The maximum Gasteiger partial charge on any atom is 0.142 e. The van der Waals surface area contributed by atoms with Crippen LogP contribution >= 0.6 is 0 Å². The summed E-state index contributed by atoms with van der Waals surface area (Å²) in [6.07, 6.45) is 11.7. The molecule has 0 radical (unpaired) electrons. The lowest BCUT2D eigenvalue weighted by atomic mass is 9.93. The Morgan fingerprint density at radius 1 is 1.00 bits per heavy atom. The van der Waals surface area contributed by atoms with E-state index in [9.17, 15) is 0 Å². The maximum absolute atomic E-state index is 5.98. The fourth-order valence-electron chi connectivity index (χ4n) is 3.84. The summed E-state index contributed by atoms with van der Waals surface area (Å²) in [4.78, 5) is 2.48. The minimum absolute atomic E-state index is 0.804. The Labute approximate surface area is 141 Å². The van der Waals surface area contributed by atoms with Gasteiger partial charge in [0.25, 0.3) is 0 Å². The predicted octanol–water partition coefficient (Wildman–Crippen LogP) is 4.36. The number of rotatable bonds is 4. The van der Waals surface area contributed by atoms with Gasteiger partial charge in [-0.3, -0.25) is 0 Å². The van der Waals surface area contributed by atoms with Crippen LogP contribution in [0.5, 0.6) is 5.75 Å². The first kappa shape index (κ1) is 16.6. The van der Waals surface area contributed by atoms with Crippen LogP contribution in [-0.4, -0.2) is 33.4 Å². The average molecular weight is 317 g/mol. The predicted molar refractivity (Wildman–Crippen MR) is 95.8 cm³/mol. The van der Waals surface area contributed by atoms with E-state index in [1.54, 1.807) is 12.7 Å². The van der Waals surface area contributed by atoms with Gasteiger partial charge in [-0.25, -0.2) is 0 Å². The lowest BCUT2D eigenvalue weighted by Crippen LogP contribution is -2.34. The highest BCUT2D eigenvalue weighted by atomic mass is 16.5. The molecule has 128 valence electrons. The van der Waals surface area contributed by atoms with Gasteiger partial charge in [0.1, 0.15) is 12.4 Å². The highest BCUT2D eigenvalue weighted by molar-refractivity contribution is 5.63. The summed E-state index contributed by atoms with van der Waals surface area (Å²) in [5, 5.41) is 0. The monoisotopic (exact) mass is 317 g/mol. The van der Waals surface area contributed by atoms with Crippen molar-refractivity contribution in [3.05, 3.63) is 23.3 Å². The first-order valence-electron chi connectivity index (χ1n) is 9.41. The largest absolute Gasteiger partial charge is 0.490 e. The van der Waals surface area contributed by atoms with Gasteiger partial charge in [-0.05, 0) is 55.4 Å². The molecule has 0 unspecified atom stereocenters. The van der Waals surface area contributed by atoms with Crippen LogP contribution in [0.2, 0.25) is 0 Å². The highest BCUT2D eigenvalue weighted by Crippen LogP contribution is 2.36. The molecule has 3 heteroatoms. The van der Waals surface area contributed by atoms with Gasteiger partial charge in [0, 0.05) is 20.3 Å². The van der Waals surface area contributed by atoms with Crippen LogP contribution in [0, 0.1) is 0 Å². The van der Waals surface area contributed by atoms with Crippen molar-refractivity contribution >= 4 is 5.69 Å². The van der Waals surface area contributed by atoms with Gasteiger partial charge in [-0.15, -0.1) is 0 Å². The van der Waals surface area contributed by atoms with Crippen molar-refractivity contribution in [2.75, 3.05) is 38.3 Å². The van der Waals surface area contributed by atoms with Crippen LogP contribution in [0.1, 0.15) is 56.1 Å². The summed E-state index contributed by atoms with van der Waals surface area (Å²) in [6, 6.07) is 4.77. The molecular weight excluding hydrogens is 286 g/mol. The fourth-order valence-corrected chi connectivity index (χ4v) is 3.84. The Balaban J connectivity index is 1.80. The molecule has 0 N–H and O–H groups in total. The number of methoxy groups -OCH3 is 1. The molecule has 1 aromatic rings. The molecule has 1 aliphatic carbocycles. The zero-order valence-corrected chi connectivity index (χ0v) is 14.6. The van der Waals surface area contributed by atoms with Gasteiger partial charge in [-0.2, -0.15) is 0 Å². The van der Waals surface area contributed by atoms with Gasteiger partial charge >= 0.3 is 0 Å². The molecule has 0 spiro atoms. The SMILES string of the molecule is COCCCN1CCOc2cc3c(cc21)CCCCCCCC3. The Morgan fingerprint density at radius 3 is 2.43 bits per heavy atom. The number of anilines is 1. The molecule has 0 aromatic heterocycles. The Morgan fingerprint density at radius 2 is 1.70 bits per heavy atom. The zero-order valence-electron chi connectivity index (χ0n) is 14.6. The third kappa shape index (κ3) is 4.41. The molecule has 0 fully saturated rings. The summed E-state index contributed by atoms with van der Waals surface area (Å²) in [7, 11) is 1.78. The molecule has 0 saturated carbocycles. The van der Waals surface area contributed by atoms with Crippen LogP contribution < -0.4 is 9.64 Å². The Hall–Kier alpha value is -1.22. The van der Waals surface area contributed by atoms with Crippen molar-refractivity contribution in [3.8, 4) is 5.75 Å². The number of aryl methyl sites for hydroxylation is 2. The quantitative estimate of drug-likeness (QED) is 0.770. The molecule has 3 nitrogen and oxygen atoms in total. The second-order valence-corrected chi connectivity index (χ2v) is 6.89. The van der Waals surface area contributed by atoms with E-state index in [0.717, 1.165) is 38.5 Å². The zero-order chi connectivity index (χ0) is 15.9. The first-order chi connectivity index (χ1) is 11.4. The van der Waals surface area contributed by atoms with Gasteiger partial charge in [0.15, 0.2) is 0 Å². The van der Waals surface area contributed by atoms with Gasteiger partial charge in [0.2, 0.25) is 0 Å². The van der Waals surface area contributed by atoms with E-state index in [1.165, 1.54) is 62.6 Å². The smallest absolute Gasteiger partial charge is 0.142 e. The van der Waals surface area contributed by atoms with Gasteiger partial charge in [0.05, 0.1) is 12.2 Å². The molecule has 0 atom stereocenters. The molecule has 0 amide bonds. The standard InChI is InChI=1S/C20H31NO2/c1-22-13-8-11-21-12-14-23-20-16-18-10-7-5-3-2-4-6-9-17(18)15-19(20)21/h15-16H,2-14H2,1H3. The topological polar surface area (TPSA) is 21.7 Å². The van der Waals surface area contributed by atoms with E-state index in [0.29, 0.717) is 0 Å². The third-order valence-electron chi connectivity index (χ3n) is 5.16. The van der Waals surface area contributed by atoms with Crippen LogP contribution in [0.3, 0.4) is 0 Å². The summed E-state index contributed by atoms with van der Waals surface area (Å²) >= 11 is 0. The fraction of sp³-hybridized carbons (Fsp3) is 0.700. The van der Waals surface area contributed by atoms with E-state index in [4.69, 9.17) is 9.47 Å². The number of nitrogens with zero attached hydrogens (tertiary/aromatic N) is 1. The van der Waals surface area contributed by atoms with E-state index in [1.807, 2.05) is 0 Å². The minimum atomic E-state index is 0.804. The van der Waals surface area contributed by atoms with E-state index in [-0.39, 0.29) is 0 Å². The summed E-state index contributed by atoms with van der Waals surface area (Å²) in [5.74, 6) is 1.10. The lowest BCUT2D eigenvalue weighted by molar-refractivity contribution is 0.195. The number of hydrogen-bond acceptors (Lipinski definition) is 3. The van der Waals surface area contributed by atoms with Crippen molar-refractivity contribution < 1.29 is 9.47 Å². The number of ether oxygens (including phenoxy) is 2. The Bertz CT molecular complexity index is 501. The van der Waals surface area contributed by atoms with E-state index >= 15 is 0 Å². The van der Waals surface area contributed by atoms with Gasteiger partial charge in [-0.1, -0.05) is 25.7 Å². The molecule has 2 aliphatic rings. The molecule has 3 rings (SSSR count). The molecule has 1 heterocycles. The normalized spacial score (nSPS) is 18.7. The number of benzene rings is 1. The maximum atomic E-state index is 5.98. The summed E-state index contributed by atoms with van der Waals surface area (Å²) < 4.78 is 11.2. The molecular formula is C20H31NO2. The summed E-state index contributed by atoms with van der Waals surface area (Å²) in [5.41, 5.74) is 4.40. The second-order valence-electron chi connectivity index (χ2n) is 6.89. The first-order valence-corrected chi connectivity index (χ1v) is 9.41. The van der Waals surface area contributed by atoms with Crippen LogP contribution in [0.4, 0.5) is 5.69 Å². The molecule has 1 aromatic carbocycles. The minimum Gasteiger partial charge on any atom is -0.490 e. The van der Waals surface area contributed by atoms with Crippen LogP contribution in [0.15, 0.2) is 12.1 Å². The van der Waals surface area contributed by atoms with Crippen molar-refractivity contribution in [1.29, 1.82) is 0 Å². The number of fused-ring (bicyclic) bond motifs is 2. The average Bonchev–Trinajstić information content (AvgIpc) is 2.58. The summed E-state index contributed by atoms with van der Waals surface area (Å²) in [6.45, 7) is 3.69. The van der Waals surface area contributed by atoms with Crippen LogP contribution in [0.25, 0.3) is 0 Å². The molecule has 0 saturated heterocycles. The second kappa shape index (κ2) is 8.58. The lowest BCUT2D eigenvalue weighted by Gasteiger charge is -2.32. The van der Waals surface area contributed by atoms with Crippen LogP contribution in [-0.2, 0) is 17.6 Å². The highest BCUT2D eigenvalue weighted by Gasteiger charge is 2.20. The number of hydrogen-bond donors (Lipinski definition) is 0.